The predicted octanol–water partition coefficient (Wildman–Crippen LogP) is -1.47. The number of aromatic nitrogens is 1. The van der Waals surface area contributed by atoms with Crippen molar-refractivity contribution in [2.24, 2.45) is 22.9 Å². The molecule has 14 heteroatoms. The lowest BCUT2D eigenvalue weighted by Gasteiger charge is -2.25. The molecule has 0 saturated carbocycles. The minimum absolute atomic E-state index is 0.119. The fourth-order valence-corrected chi connectivity index (χ4v) is 4.30. The molecule has 0 bridgehead atoms. The maximum atomic E-state index is 13.6. The van der Waals surface area contributed by atoms with Gasteiger partial charge < -0.3 is 44.2 Å². The van der Waals surface area contributed by atoms with Gasteiger partial charge >= 0.3 is 0 Å². The SMILES string of the molecule is N=C(N)NCCC[C@@H](N)C(=O)N[C@@H](Cc1ccncc1)C(=O)N[C@@H](CCCCN)C(=O)N[C@@H](Cc1ccccc1)C(N)=O. The normalized spacial score (nSPS) is 13.5. The number of nitrogens with zero attached hydrogens (tertiary/aromatic N) is 1. The highest BCUT2D eigenvalue weighted by Gasteiger charge is 2.30. The van der Waals surface area contributed by atoms with E-state index in [2.05, 4.69) is 26.3 Å². The summed E-state index contributed by atoms with van der Waals surface area (Å²) in [6.45, 7) is 0.772. The van der Waals surface area contributed by atoms with Crippen LogP contribution in [0.3, 0.4) is 0 Å². The van der Waals surface area contributed by atoms with E-state index in [4.69, 9.17) is 28.3 Å². The Kier molecular flexibility index (Phi) is 15.1. The Balaban J connectivity index is 2.17. The van der Waals surface area contributed by atoms with E-state index in [0.29, 0.717) is 32.4 Å². The second-order valence-corrected chi connectivity index (χ2v) is 10.2. The molecule has 4 atom stereocenters. The van der Waals surface area contributed by atoms with E-state index in [1.165, 1.54) is 0 Å². The molecular formula is C29H44N10O4. The molecule has 2 aromatic rings. The van der Waals surface area contributed by atoms with Gasteiger partial charge in [0, 0.05) is 31.8 Å². The highest BCUT2D eigenvalue weighted by molar-refractivity contribution is 5.94. The average Bonchev–Trinajstić information content (AvgIpc) is 2.98. The van der Waals surface area contributed by atoms with Crippen molar-refractivity contribution in [3.05, 3.63) is 66.0 Å². The van der Waals surface area contributed by atoms with Crippen molar-refractivity contribution >= 4 is 29.6 Å². The van der Waals surface area contributed by atoms with E-state index in [9.17, 15) is 19.2 Å². The molecule has 14 nitrogen and oxygen atoms in total. The monoisotopic (exact) mass is 596 g/mol. The van der Waals surface area contributed by atoms with Crippen molar-refractivity contribution in [2.45, 2.75) is 69.1 Å². The van der Waals surface area contributed by atoms with Crippen LogP contribution in [0.1, 0.15) is 43.2 Å². The highest BCUT2D eigenvalue weighted by Crippen LogP contribution is 2.08. The van der Waals surface area contributed by atoms with Gasteiger partial charge in [-0.15, -0.1) is 0 Å². The average molecular weight is 597 g/mol. The standard InChI is InChI=1S/C29H44N10O4/c30-13-5-4-10-22(27(42)38-23(25(32)40)17-19-7-2-1-3-8-19)37-28(43)24(18-20-11-15-35-16-12-20)39-26(41)21(31)9-6-14-36-29(33)34/h1-3,7-8,11-12,15-16,21-24H,4-6,9-10,13-14,17-18,30-31H2,(H2,32,40)(H,37,43)(H,38,42)(H,39,41)(H4,33,34,36)/t21-,22+,23+,24+/m1/s1. The number of benzene rings is 1. The first-order chi connectivity index (χ1) is 20.6. The number of hydrogen-bond donors (Lipinski definition) is 9. The summed E-state index contributed by atoms with van der Waals surface area (Å²) in [7, 11) is 0. The number of carbonyl (C=O) groups is 4. The Morgan fingerprint density at radius 2 is 1.33 bits per heavy atom. The van der Waals surface area contributed by atoms with E-state index in [0.717, 1.165) is 11.1 Å². The van der Waals surface area contributed by atoms with Crippen LogP contribution in [0.15, 0.2) is 54.9 Å². The first-order valence-corrected chi connectivity index (χ1v) is 14.3. The molecular weight excluding hydrogens is 552 g/mol. The van der Waals surface area contributed by atoms with Gasteiger partial charge in [0.15, 0.2) is 5.96 Å². The summed E-state index contributed by atoms with van der Waals surface area (Å²) in [5.74, 6) is -2.60. The molecule has 0 aliphatic heterocycles. The molecule has 0 radical (unpaired) electrons. The maximum absolute atomic E-state index is 13.6. The van der Waals surface area contributed by atoms with E-state index < -0.39 is 47.8 Å². The molecule has 1 aromatic carbocycles. The fourth-order valence-electron chi connectivity index (χ4n) is 4.30. The molecule has 234 valence electrons. The van der Waals surface area contributed by atoms with E-state index in [1.807, 2.05) is 30.3 Å². The number of amides is 4. The van der Waals surface area contributed by atoms with Crippen molar-refractivity contribution in [3.63, 3.8) is 0 Å². The van der Waals surface area contributed by atoms with Crippen LogP contribution in [0.25, 0.3) is 0 Å². The first kappa shape index (κ1) is 34.6. The molecule has 2 rings (SSSR count). The van der Waals surface area contributed by atoms with Crippen LogP contribution >= 0.6 is 0 Å². The summed E-state index contributed by atoms with van der Waals surface area (Å²) in [5, 5.41) is 18.0. The summed E-state index contributed by atoms with van der Waals surface area (Å²) >= 11 is 0. The predicted molar refractivity (Wildman–Crippen MR) is 163 cm³/mol. The number of hydrogen-bond acceptors (Lipinski definition) is 8. The van der Waals surface area contributed by atoms with Crippen LogP contribution in [0.4, 0.5) is 0 Å². The zero-order valence-electron chi connectivity index (χ0n) is 24.3. The minimum atomic E-state index is -1.06. The molecule has 1 heterocycles. The van der Waals surface area contributed by atoms with Crippen LogP contribution < -0.4 is 44.2 Å². The smallest absolute Gasteiger partial charge is 0.243 e. The van der Waals surface area contributed by atoms with Gasteiger partial charge in [0.2, 0.25) is 23.6 Å². The highest BCUT2D eigenvalue weighted by atomic mass is 16.2. The second-order valence-electron chi connectivity index (χ2n) is 10.2. The molecule has 0 aliphatic rings. The Morgan fingerprint density at radius 3 is 1.95 bits per heavy atom. The topological polar surface area (TPSA) is 257 Å². The van der Waals surface area contributed by atoms with Gasteiger partial charge in [0.1, 0.15) is 18.1 Å². The Labute approximate surface area is 251 Å². The number of guanidine groups is 1. The second kappa shape index (κ2) is 18.8. The van der Waals surface area contributed by atoms with Crippen LogP contribution in [0, 0.1) is 5.41 Å². The van der Waals surface area contributed by atoms with Gasteiger partial charge in [-0.25, -0.2) is 0 Å². The lowest BCUT2D eigenvalue weighted by molar-refractivity contribution is -0.133. The summed E-state index contributed by atoms with van der Waals surface area (Å²) < 4.78 is 0. The number of primary amides is 1. The zero-order valence-corrected chi connectivity index (χ0v) is 24.3. The summed E-state index contributed by atoms with van der Waals surface area (Å²) in [6.07, 6.45) is 5.62. The largest absolute Gasteiger partial charge is 0.370 e. The molecule has 13 N–H and O–H groups in total. The van der Waals surface area contributed by atoms with Crippen molar-refractivity contribution in [3.8, 4) is 0 Å². The number of unbranched alkanes of at least 4 members (excludes halogenated alkanes) is 1. The molecule has 4 amide bonds. The lowest BCUT2D eigenvalue weighted by Crippen LogP contribution is -2.58. The van der Waals surface area contributed by atoms with Crippen LogP contribution in [0.2, 0.25) is 0 Å². The van der Waals surface area contributed by atoms with E-state index >= 15 is 0 Å². The molecule has 0 unspecified atom stereocenters. The molecule has 1 aromatic heterocycles. The van der Waals surface area contributed by atoms with E-state index in [-0.39, 0.29) is 31.6 Å². The van der Waals surface area contributed by atoms with Gasteiger partial charge in [-0.3, -0.25) is 29.6 Å². The maximum Gasteiger partial charge on any atom is 0.243 e. The summed E-state index contributed by atoms with van der Waals surface area (Å²) in [5.41, 5.74) is 24.1. The van der Waals surface area contributed by atoms with Crippen molar-refractivity contribution in [1.82, 2.24) is 26.3 Å². The third-order valence-electron chi connectivity index (χ3n) is 6.69. The quantitative estimate of drug-likeness (QED) is 0.0520. The van der Waals surface area contributed by atoms with Gasteiger partial charge in [0.25, 0.3) is 0 Å². The Morgan fingerprint density at radius 1 is 0.744 bits per heavy atom. The molecule has 0 saturated heterocycles. The number of carbonyl (C=O) groups excluding carboxylic acids is 4. The van der Waals surface area contributed by atoms with Crippen LogP contribution in [-0.2, 0) is 32.0 Å². The zero-order chi connectivity index (χ0) is 31.6. The third kappa shape index (κ3) is 13.3. The number of nitrogens with two attached hydrogens (primary N) is 4. The molecule has 0 aliphatic carbocycles. The van der Waals surface area contributed by atoms with Gasteiger partial charge in [-0.1, -0.05) is 30.3 Å². The lowest BCUT2D eigenvalue weighted by atomic mass is 10.0. The Bertz CT molecular complexity index is 1180. The molecule has 43 heavy (non-hydrogen) atoms. The summed E-state index contributed by atoms with van der Waals surface area (Å²) in [6, 6.07) is 8.55. The molecule has 0 fully saturated rings. The number of rotatable bonds is 19. The van der Waals surface area contributed by atoms with Crippen LogP contribution in [0.5, 0.6) is 0 Å². The van der Waals surface area contributed by atoms with Crippen LogP contribution in [-0.4, -0.2) is 71.8 Å². The van der Waals surface area contributed by atoms with Gasteiger partial charge in [-0.2, -0.15) is 0 Å². The Hall–Kier alpha value is -4.56. The third-order valence-corrected chi connectivity index (χ3v) is 6.69. The number of pyridine rings is 1. The van der Waals surface area contributed by atoms with Gasteiger partial charge in [-0.05, 0) is 61.9 Å². The van der Waals surface area contributed by atoms with E-state index in [1.54, 1.807) is 24.5 Å². The minimum Gasteiger partial charge on any atom is -0.370 e. The van der Waals surface area contributed by atoms with Crippen molar-refractivity contribution < 1.29 is 19.2 Å². The molecule has 0 spiro atoms. The van der Waals surface area contributed by atoms with Gasteiger partial charge in [0.05, 0.1) is 6.04 Å². The summed E-state index contributed by atoms with van der Waals surface area (Å²) in [4.78, 5) is 56.1. The van der Waals surface area contributed by atoms with Crippen molar-refractivity contribution in [2.75, 3.05) is 13.1 Å². The first-order valence-electron chi connectivity index (χ1n) is 14.3. The van der Waals surface area contributed by atoms with Crippen molar-refractivity contribution in [1.29, 1.82) is 5.41 Å². The number of nitrogens with one attached hydrogen (secondary N) is 5. The fraction of sp³-hybridized carbons (Fsp3) is 0.448.